The highest BCUT2D eigenvalue weighted by atomic mass is 16.6. The molecule has 0 radical (unpaired) electrons. The molecule has 0 aromatic heterocycles. The van der Waals surface area contributed by atoms with Gasteiger partial charge in [-0.05, 0) is 6.07 Å². The van der Waals surface area contributed by atoms with Crippen LogP contribution in [0.4, 0.5) is 11.4 Å². The number of methoxy groups -OCH3 is 1. The summed E-state index contributed by atoms with van der Waals surface area (Å²) in [5.74, 6) is -1.08. The zero-order chi connectivity index (χ0) is 13.7. The number of nitrogens with zero attached hydrogens (tertiary/aromatic N) is 1. The molecule has 1 amide bonds. The number of benzene rings is 1. The summed E-state index contributed by atoms with van der Waals surface area (Å²) in [6.45, 7) is -0.0345. The summed E-state index contributed by atoms with van der Waals surface area (Å²) in [4.78, 5) is 21.6. The van der Waals surface area contributed by atoms with Crippen molar-refractivity contribution in [3.05, 3.63) is 28.3 Å². The van der Waals surface area contributed by atoms with Gasteiger partial charge in [-0.2, -0.15) is 0 Å². The van der Waals surface area contributed by atoms with Gasteiger partial charge in [0.25, 0.3) is 5.69 Å². The molecular formula is C10H13N3O5. The van der Waals surface area contributed by atoms with Crippen molar-refractivity contribution in [1.82, 2.24) is 0 Å². The van der Waals surface area contributed by atoms with E-state index in [1.807, 2.05) is 0 Å². The molecule has 0 aliphatic heterocycles. The van der Waals surface area contributed by atoms with Crippen LogP contribution in [0.15, 0.2) is 18.2 Å². The number of phenolic OH excluding ortho intramolecular Hbond substituents is 1. The van der Waals surface area contributed by atoms with Crippen LogP contribution in [0.5, 0.6) is 5.75 Å². The highest BCUT2D eigenvalue weighted by molar-refractivity contribution is 5.98. The number of nitro groups is 1. The minimum Gasteiger partial charge on any atom is -0.505 e. The lowest BCUT2D eigenvalue weighted by Gasteiger charge is -2.12. The number of ether oxygens (including phenoxy) is 1. The van der Waals surface area contributed by atoms with Crippen LogP contribution in [-0.4, -0.2) is 35.7 Å². The van der Waals surface area contributed by atoms with Gasteiger partial charge >= 0.3 is 0 Å². The zero-order valence-electron chi connectivity index (χ0n) is 9.62. The van der Waals surface area contributed by atoms with Crippen molar-refractivity contribution in [1.29, 1.82) is 0 Å². The van der Waals surface area contributed by atoms with E-state index < -0.39 is 28.3 Å². The number of carbonyl (C=O) groups excluding carboxylic acids is 1. The van der Waals surface area contributed by atoms with Crippen molar-refractivity contribution in [3.8, 4) is 5.75 Å². The number of anilines is 1. The summed E-state index contributed by atoms with van der Waals surface area (Å²) in [5.41, 5.74) is 4.78. The van der Waals surface area contributed by atoms with Crippen LogP contribution in [0.2, 0.25) is 0 Å². The Bertz CT molecular complexity index is 463. The molecule has 0 bridgehead atoms. The van der Waals surface area contributed by atoms with Gasteiger partial charge in [0, 0.05) is 13.2 Å². The van der Waals surface area contributed by atoms with Crippen LogP contribution in [-0.2, 0) is 9.53 Å². The molecular weight excluding hydrogens is 242 g/mol. The van der Waals surface area contributed by atoms with E-state index in [0.29, 0.717) is 0 Å². The third-order valence-corrected chi connectivity index (χ3v) is 2.15. The van der Waals surface area contributed by atoms with Gasteiger partial charge < -0.3 is 20.9 Å². The summed E-state index contributed by atoms with van der Waals surface area (Å²) < 4.78 is 4.69. The molecule has 8 heteroatoms. The Hall–Kier alpha value is -2.19. The molecule has 1 rings (SSSR count). The molecule has 0 fully saturated rings. The van der Waals surface area contributed by atoms with Crippen molar-refractivity contribution in [2.24, 2.45) is 5.73 Å². The Morgan fingerprint density at radius 3 is 2.89 bits per heavy atom. The number of phenols is 1. The number of amides is 1. The monoisotopic (exact) mass is 255 g/mol. The predicted molar refractivity (Wildman–Crippen MR) is 63.2 cm³/mol. The lowest BCUT2D eigenvalue weighted by Crippen LogP contribution is -2.39. The lowest BCUT2D eigenvalue weighted by atomic mass is 10.2. The van der Waals surface area contributed by atoms with Gasteiger partial charge in [0.05, 0.1) is 11.5 Å². The van der Waals surface area contributed by atoms with E-state index >= 15 is 0 Å². The number of hydrogen-bond acceptors (Lipinski definition) is 6. The number of nitrogens with one attached hydrogen (secondary N) is 1. The van der Waals surface area contributed by atoms with Gasteiger partial charge in [0.1, 0.15) is 11.8 Å². The first kappa shape index (κ1) is 13.9. The molecule has 1 atom stereocenters. The maximum absolute atomic E-state index is 11.6. The molecule has 1 aromatic carbocycles. The molecule has 0 aliphatic carbocycles. The normalized spacial score (nSPS) is 11.9. The molecule has 0 saturated heterocycles. The highest BCUT2D eigenvalue weighted by Gasteiger charge is 2.22. The van der Waals surface area contributed by atoms with Gasteiger partial charge in [-0.25, -0.2) is 0 Å². The Kier molecular flexibility index (Phi) is 4.58. The number of nitrogens with two attached hydrogens (primary N) is 1. The first-order chi connectivity index (χ1) is 8.47. The van der Waals surface area contributed by atoms with Gasteiger partial charge in [-0.3, -0.25) is 14.9 Å². The number of para-hydroxylation sites is 1. The molecule has 0 heterocycles. The Labute approximate surface area is 103 Å². The van der Waals surface area contributed by atoms with E-state index in [2.05, 4.69) is 10.1 Å². The van der Waals surface area contributed by atoms with Gasteiger partial charge in [-0.1, -0.05) is 6.07 Å². The third-order valence-electron chi connectivity index (χ3n) is 2.15. The number of aromatic hydroxyl groups is 1. The molecule has 18 heavy (non-hydrogen) atoms. The van der Waals surface area contributed by atoms with Crippen LogP contribution in [0.25, 0.3) is 0 Å². The predicted octanol–water partition coefficient (Wildman–Crippen LogP) is 0.213. The zero-order valence-corrected chi connectivity index (χ0v) is 9.62. The standard InChI is InChI=1S/C10H13N3O5/c1-18-5-6(11)10(15)12-9-7(13(16)17)3-2-4-8(9)14/h2-4,6,14H,5,11H2,1H3,(H,12,15). The Morgan fingerprint density at radius 2 is 2.33 bits per heavy atom. The molecule has 1 aromatic rings. The van der Waals surface area contributed by atoms with Gasteiger partial charge in [0.15, 0.2) is 5.69 Å². The maximum atomic E-state index is 11.6. The van der Waals surface area contributed by atoms with Crippen LogP contribution in [0.3, 0.4) is 0 Å². The van der Waals surface area contributed by atoms with Crippen molar-refractivity contribution in [3.63, 3.8) is 0 Å². The highest BCUT2D eigenvalue weighted by Crippen LogP contribution is 2.32. The van der Waals surface area contributed by atoms with Crippen LogP contribution in [0.1, 0.15) is 0 Å². The Balaban J connectivity index is 2.96. The summed E-state index contributed by atoms with van der Waals surface area (Å²) in [6, 6.07) is 2.72. The minimum absolute atomic E-state index is 0.0345. The molecule has 0 spiro atoms. The summed E-state index contributed by atoms with van der Waals surface area (Å²) in [5, 5.41) is 22.5. The molecule has 0 aliphatic rings. The summed E-state index contributed by atoms with van der Waals surface area (Å²) in [6.07, 6.45) is 0. The lowest BCUT2D eigenvalue weighted by molar-refractivity contribution is -0.384. The maximum Gasteiger partial charge on any atom is 0.296 e. The van der Waals surface area contributed by atoms with Crippen molar-refractivity contribution < 1.29 is 19.6 Å². The number of rotatable bonds is 5. The van der Waals surface area contributed by atoms with E-state index in [4.69, 9.17) is 5.73 Å². The first-order valence-corrected chi connectivity index (χ1v) is 4.99. The smallest absolute Gasteiger partial charge is 0.296 e. The second-order valence-corrected chi connectivity index (χ2v) is 3.48. The quantitative estimate of drug-likeness (QED) is 0.392. The van der Waals surface area contributed by atoms with Gasteiger partial charge in [-0.15, -0.1) is 0 Å². The average molecular weight is 255 g/mol. The third kappa shape index (κ3) is 3.15. The van der Waals surface area contributed by atoms with E-state index in [0.717, 1.165) is 6.07 Å². The summed E-state index contributed by atoms with van der Waals surface area (Å²) >= 11 is 0. The number of nitro benzene ring substituents is 1. The fraction of sp³-hybridized carbons (Fsp3) is 0.300. The van der Waals surface area contributed by atoms with E-state index in [1.165, 1.54) is 19.2 Å². The topological polar surface area (TPSA) is 128 Å². The number of hydrogen-bond donors (Lipinski definition) is 3. The SMILES string of the molecule is COCC(N)C(=O)Nc1c(O)cccc1[N+](=O)[O-]. The fourth-order valence-corrected chi connectivity index (χ4v) is 1.28. The molecule has 8 nitrogen and oxygen atoms in total. The number of carbonyl (C=O) groups is 1. The van der Waals surface area contributed by atoms with Crippen molar-refractivity contribution in [2.45, 2.75) is 6.04 Å². The average Bonchev–Trinajstić information content (AvgIpc) is 2.31. The van der Waals surface area contributed by atoms with Crippen molar-refractivity contribution in [2.75, 3.05) is 19.0 Å². The minimum atomic E-state index is -0.978. The second kappa shape index (κ2) is 5.94. The van der Waals surface area contributed by atoms with Crippen molar-refractivity contribution >= 4 is 17.3 Å². The molecule has 1 unspecified atom stereocenters. The largest absolute Gasteiger partial charge is 0.505 e. The Morgan fingerprint density at radius 1 is 1.67 bits per heavy atom. The van der Waals surface area contributed by atoms with E-state index in [-0.39, 0.29) is 12.3 Å². The first-order valence-electron chi connectivity index (χ1n) is 4.99. The second-order valence-electron chi connectivity index (χ2n) is 3.48. The van der Waals surface area contributed by atoms with E-state index in [1.54, 1.807) is 0 Å². The summed E-state index contributed by atoms with van der Waals surface area (Å²) in [7, 11) is 1.37. The molecule has 0 saturated carbocycles. The fourth-order valence-electron chi connectivity index (χ4n) is 1.28. The molecule has 98 valence electrons. The van der Waals surface area contributed by atoms with E-state index in [9.17, 15) is 20.0 Å². The van der Waals surface area contributed by atoms with Crippen LogP contribution in [0, 0.1) is 10.1 Å². The van der Waals surface area contributed by atoms with Crippen LogP contribution >= 0.6 is 0 Å². The van der Waals surface area contributed by atoms with Gasteiger partial charge in [0.2, 0.25) is 5.91 Å². The molecule has 4 N–H and O–H groups in total. The van der Waals surface area contributed by atoms with Crippen LogP contribution < -0.4 is 11.1 Å².